The van der Waals surface area contributed by atoms with Gasteiger partial charge in [-0.05, 0) is 18.6 Å². The second-order valence-corrected chi connectivity index (χ2v) is 4.90. The van der Waals surface area contributed by atoms with Gasteiger partial charge in [0.15, 0.2) is 0 Å². The molecular formula is C15H18N4. The Morgan fingerprint density at radius 3 is 2.68 bits per heavy atom. The third-order valence-corrected chi connectivity index (χ3v) is 3.67. The summed E-state index contributed by atoms with van der Waals surface area (Å²) in [5.74, 6) is 0. The minimum Gasteiger partial charge on any atom is -0.377 e. The lowest BCUT2D eigenvalue weighted by molar-refractivity contribution is 0.767. The van der Waals surface area contributed by atoms with E-state index in [0.29, 0.717) is 0 Å². The minimum absolute atomic E-state index is 0.808. The topological polar surface area (TPSA) is 34.8 Å². The molecule has 2 heterocycles. The minimum atomic E-state index is 0.808. The van der Waals surface area contributed by atoms with E-state index in [1.807, 2.05) is 19.4 Å². The maximum Gasteiger partial charge on any atom is 0.0729 e. The number of nitrogens with zero attached hydrogens (tertiary/aromatic N) is 3. The maximum absolute atomic E-state index is 4.16. The Balaban J connectivity index is 1.92. The molecule has 1 N–H and O–H groups in total. The summed E-state index contributed by atoms with van der Waals surface area (Å²) in [6.07, 6.45) is 3.83. The normalized spacial score (nSPS) is 11.1. The molecule has 0 spiro atoms. The number of hydrogen-bond donors (Lipinski definition) is 1. The molecule has 0 aliphatic rings. The van der Waals surface area contributed by atoms with Crippen LogP contribution in [-0.4, -0.2) is 14.3 Å². The second-order valence-electron chi connectivity index (χ2n) is 4.90. The summed E-state index contributed by atoms with van der Waals surface area (Å²) < 4.78 is 4.06. The van der Waals surface area contributed by atoms with Gasteiger partial charge in [0, 0.05) is 36.9 Å². The van der Waals surface area contributed by atoms with Gasteiger partial charge >= 0.3 is 0 Å². The largest absolute Gasteiger partial charge is 0.377 e. The van der Waals surface area contributed by atoms with E-state index in [2.05, 4.69) is 53.2 Å². The molecule has 3 rings (SSSR count). The lowest BCUT2D eigenvalue weighted by atomic mass is 10.1. The fourth-order valence-electron chi connectivity index (χ4n) is 2.59. The van der Waals surface area contributed by atoms with E-state index >= 15 is 0 Å². The van der Waals surface area contributed by atoms with Gasteiger partial charge in [0.2, 0.25) is 0 Å². The van der Waals surface area contributed by atoms with Crippen molar-refractivity contribution in [3.05, 3.63) is 47.9 Å². The first kappa shape index (κ1) is 11.8. The van der Waals surface area contributed by atoms with Crippen LogP contribution in [0.1, 0.15) is 11.3 Å². The van der Waals surface area contributed by atoms with Crippen LogP contribution in [0.25, 0.3) is 10.9 Å². The van der Waals surface area contributed by atoms with Crippen molar-refractivity contribution >= 4 is 16.6 Å². The van der Waals surface area contributed by atoms with Crippen LogP contribution in [0.3, 0.4) is 0 Å². The Labute approximate surface area is 112 Å². The monoisotopic (exact) mass is 254 g/mol. The van der Waals surface area contributed by atoms with Crippen molar-refractivity contribution in [2.75, 3.05) is 5.32 Å². The third-order valence-electron chi connectivity index (χ3n) is 3.67. The van der Waals surface area contributed by atoms with Crippen LogP contribution in [0, 0.1) is 6.92 Å². The highest BCUT2D eigenvalue weighted by molar-refractivity contribution is 5.85. The number of aryl methyl sites for hydroxylation is 3. The van der Waals surface area contributed by atoms with Gasteiger partial charge in [-0.25, -0.2) is 0 Å². The molecule has 0 unspecified atom stereocenters. The summed E-state index contributed by atoms with van der Waals surface area (Å²) in [6, 6.07) is 8.52. The highest BCUT2D eigenvalue weighted by Crippen LogP contribution is 2.24. The molecule has 1 aromatic carbocycles. The molecule has 4 heteroatoms. The Kier molecular flexibility index (Phi) is 2.78. The van der Waals surface area contributed by atoms with E-state index in [-0.39, 0.29) is 0 Å². The molecule has 0 aliphatic heterocycles. The average Bonchev–Trinajstić information content (AvgIpc) is 2.93. The molecule has 0 fully saturated rings. The smallest absolute Gasteiger partial charge is 0.0729 e. The molecule has 0 amide bonds. The molecule has 98 valence electrons. The summed E-state index contributed by atoms with van der Waals surface area (Å²) in [5, 5.41) is 8.91. The molecule has 19 heavy (non-hydrogen) atoms. The zero-order valence-corrected chi connectivity index (χ0v) is 11.5. The van der Waals surface area contributed by atoms with E-state index in [9.17, 15) is 0 Å². The summed E-state index contributed by atoms with van der Waals surface area (Å²) in [5.41, 5.74) is 4.98. The highest BCUT2D eigenvalue weighted by Gasteiger charge is 2.10. The first-order valence-corrected chi connectivity index (χ1v) is 6.42. The van der Waals surface area contributed by atoms with Crippen LogP contribution in [-0.2, 0) is 20.6 Å². The van der Waals surface area contributed by atoms with Gasteiger partial charge in [-0.3, -0.25) is 4.68 Å². The number of fused-ring (bicyclic) bond motifs is 1. The Morgan fingerprint density at radius 2 is 2.00 bits per heavy atom. The van der Waals surface area contributed by atoms with Gasteiger partial charge in [0.1, 0.15) is 0 Å². The summed E-state index contributed by atoms with van der Waals surface area (Å²) in [4.78, 5) is 0. The highest BCUT2D eigenvalue weighted by atomic mass is 15.3. The van der Waals surface area contributed by atoms with Crippen molar-refractivity contribution < 1.29 is 0 Å². The zero-order valence-electron chi connectivity index (χ0n) is 11.5. The zero-order chi connectivity index (χ0) is 13.4. The number of aromatic nitrogens is 3. The van der Waals surface area contributed by atoms with Crippen LogP contribution in [0.5, 0.6) is 0 Å². The van der Waals surface area contributed by atoms with Crippen molar-refractivity contribution in [1.29, 1.82) is 0 Å². The molecule has 0 radical (unpaired) electrons. The van der Waals surface area contributed by atoms with Crippen LogP contribution >= 0.6 is 0 Å². The molecule has 0 aliphatic carbocycles. The van der Waals surface area contributed by atoms with Crippen molar-refractivity contribution in [2.24, 2.45) is 14.1 Å². The molecule has 0 bridgehead atoms. The number of anilines is 1. The van der Waals surface area contributed by atoms with Crippen LogP contribution in [0.4, 0.5) is 5.69 Å². The van der Waals surface area contributed by atoms with Gasteiger partial charge < -0.3 is 9.88 Å². The van der Waals surface area contributed by atoms with Gasteiger partial charge in [-0.2, -0.15) is 5.10 Å². The van der Waals surface area contributed by atoms with E-state index in [0.717, 1.165) is 12.2 Å². The summed E-state index contributed by atoms with van der Waals surface area (Å²) >= 11 is 0. The first-order valence-electron chi connectivity index (χ1n) is 6.42. The second kappa shape index (κ2) is 4.46. The van der Waals surface area contributed by atoms with Crippen molar-refractivity contribution in [3.63, 3.8) is 0 Å². The lowest BCUT2D eigenvalue weighted by Gasteiger charge is -2.07. The maximum atomic E-state index is 4.16. The predicted octanol–water partition coefficient (Wildman–Crippen LogP) is 2.83. The molecular weight excluding hydrogens is 236 g/mol. The fraction of sp³-hybridized carbons (Fsp3) is 0.267. The fourth-order valence-corrected chi connectivity index (χ4v) is 2.59. The van der Waals surface area contributed by atoms with Gasteiger partial charge in [0.25, 0.3) is 0 Å². The predicted molar refractivity (Wildman–Crippen MR) is 78.2 cm³/mol. The Morgan fingerprint density at radius 1 is 1.21 bits per heavy atom. The van der Waals surface area contributed by atoms with Crippen LogP contribution in [0.2, 0.25) is 0 Å². The van der Waals surface area contributed by atoms with Crippen molar-refractivity contribution in [3.8, 4) is 0 Å². The van der Waals surface area contributed by atoms with E-state index in [4.69, 9.17) is 0 Å². The van der Waals surface area contributed by atoms with Crippen LogP contribution in [0.15, 0.2) is 36.7 Å². The number of rotatable bonds is 3. The summed E-state index contributed by atoms with van der Waals surface area (Å²) in [7, 11) is 4.04. The molecule has 0 saturated carbocycles. The number of para-hydroxylation sites is 1. The standard InChI is InChI=1S/C15H18N4/c1-11-13-6-4-5-7-14(13)19(3)15(11)9-16-12-8-17-18(2)10-12/h4-8,10,16H,9H2,1-3H3. The Bertz CT molecular complexity index is 682. The lowest BCUT2D eigenvalue weighted by Crippen LogP contribution is -2.05. The molecule has 4 nitrogen and oxygen atoms in total. The number of hydrogen-bond acceptors (Lipinski definition) is 2. The summed E-state index contributed by atoms with van der Waals surface area (Å²) in [6.45, 7) is 2.99. The van der Waals surface area contributed by atoms with E-state index in [1.165, 1.54) is 22.2 Å². The molecule has 2 aromatic heterocycles. The van der Waals surface area contributed by atoms with Gasteiger partial charge in [-0.1, -0.05) is 18.2 Å². The Hall–Kier alpha value is -2.23. The number of nitrogens with one attached hydrogen (secondary N) is 1. The quantitative estimate of drug-likeness (QED) is 0.780. The van der Waals surface area contributed by atoms with E-state index < -0.39 is 0 Å². The number of benzene rings is 1. The molecule has 3 aromatic rings. The van der Waals surface area contributed by atoms with Crippen LogP contribution < -0.4 is 5.32 Å². The van der Waals surface area contributed by atoms with Gasteiger partial charge in [-0.15, -0.1) is 0 Å². The first-order chi connectivity index (χ1) is 9.16. The molecule has 0 atom stereocenters. The van der Waals surface area contributed by atoms with E-state index in [1.54, 1.807) is 4.68 Å². The third kappa shape index (κ3) is 1.99. The van der Waals surface area contributed by atoms with Crippen molar-refractivity contribution in [1.82, 2.24) is 14.3 Å². The van der Waals surface area contributed by atoms with Crippen molar-refractivity contribution in [2.45, 2.75) is 13.5 Å². The average molecular weight is 254 g/mol. The molecule has 0 saturated heterocycles. The van der Waals surface area contributed by atoms with Gasteiger partial charge in [0.05, 0.1) is 18.4 Å². The SMILES string of the molecule is Cc1c(CNc2cnn(C)c2)n(C)c2ccccc12.